The maximum absolute atomic E-state index is 6.79. The van der Waals surface area contributed by atoms with Gasteiger partial charge in [0, 0.05) is 0 Å². The van der Waals surface area contributed by atoms with Crippen LogP contribution in [0.2, 0.25) is 137 Å². The second-order valence-corrected chi connectivity index (χ2v) is 55.1. The van der Waals surface area contributed by atoms with Crippen LogP contribution in [0.4, 0.5) is 0 Å². The van der Waals surface area contributed by atoms with Crippen LogP contribution >= 0.6 is 0 Å². The third-order valence-corrected chi connectivity index (χ3v) is 43.0. The van der Waals surface area contributed by atoms with E-state index in [9.17, 15) is 0 Å². The first-order valence-electron chi connectivity index (χ1n) is 17.0. The molecule has 0 aromatic heterocycles. The zero-order valence-corrected chi connectivity index (χ0v) is 44.2. The molecule has 0 bridgehead atoms. The van der Waals surface area contributed by atoms with Crippen LogP contribution in [0.1, 0.15) is 5.56 Å². The van der Waals surface area contributed by atoms with Crippen molar-refractivity contribution in [1.82, 2.24) is 0 Å². The summed E-state index contributed by atoms with van der Waals surface area (Å²) in [6.45, 7) is 44.4. The Hall–Kier alpha value is 0.769. The molecule has 0 atom stereocenters. The van der Waals surface area contributed by atoms with Gasteiger partial charge in [-0.25, -0.2) is 0 Å². The van der Waals surface area contributed by atoms with Crippen LogP contribution in [0.5, 0.6) is 0 Å². The van der Waals surface area contributed by atoms with Gasteiger partial charge in [-0.3, -0.25) is 0 Å². The molecule has 9 nitrogen and oxygen atoms in total. The average molecular weight is 844 g/mol. The first-order chi connectivity index (χ1) is 20.9. The monoisotopic (exact) mass is 842 g/mol. The molecule has 0 aliphatic carbocycles. The first kappa shape index (κ1) is 46.8. The standard InChI is InChI=1S/C29H70O9Si10/c1-39(2,3)30-41(6,7)32-43(10,11)34-45(14,15)36-47(18,19)38-48(20,21)37-46(16,17)35-44(12,13)33-42(8,9)31-40(4,5)28-27-29-25-23-22-24-26-29/h22-28H,1-21H3. The molecular formula is C29H70O9Si10. The highest BCUT2D eigenvalue weighted by Crippen LogP contribution is 2.30. The second-order valence-electron chi connectivity index (χ2n) is 17.6. The van der Waals surface area contributed by atoms with Gasteiger partial charge in [0.05, 0.1) is 0 Å². The number of hydrogen-bond donors (Lipinski definition) is 0. The third kappa shape index (κ3) is 20.7. The molecule has 0 fully saturated rings. The van der Waals surface area contributed by atoms with Gasteiger partial charge in [0.25, 0.3) is 0 Å². The Morgan fingerprint density at radius 3 is 0.854 bits per heavy atom. The van der Waals surface area contributed by atoms with E-state index < -0.39 is 85.1 Å². The maximum Gasteiger partial charge on any atom is 0.314 e. The van der Waals surface area contributed by atoms with E-state index in [2.05, 4.69) is 161 Å². The summed E-state index contributed by atoms with van der Waals surface area (Å²) in [6.07, 6.45) is 2.15. The van der Waals surface area contributed by atoms with Gasteiger partial charge in [0.1, 0.15) is 0 Å². The van der Waals surface area contributed by atoms with Crippen molar-refractivity contribution in [2.45, 2.75) is 137 Å². The predicted octanol–water partition coefficient (Wildman–Crippen LogP) is 10.0. The molecule has 0 spiro atoms. The Morgan fingerprint density at radius 1 is 0.333 bits per heavy atom. The molecule has 0 radical (unpaired) electrons. The van der Waals surface area contributed by atoms with Gasteiger partial charge < -0.3 is 37.0 Å². The molecule has 19 heteroatoms. The molecule has 0 aliphatic rings. The molecule has 0 saturated heterocycles. The molecular weight excluding hydrogens is 773 g/mol. The third-order valence-electron chi connectivity index (χ3n) is 5.98. The van der Waals surface area contributed by atoms with Crippen molar-refractivity contribution in [3.63, 3.8) is 0 Å². The fourth-order valence-corrected chi connectivity index (χ4v) is 55.9. The fraction of sp³-hybridized carbons (Fsp3) is 0.724. The van der Waals surface area contributed by atoms with E-state index in [-0.39, 0.29) is 0 Å². The zero-order valence-electron chi connectivity index (χ0n) is 34.2. The molecule has 0 heterocycles. The van der Waals surface area contributed by atoms with Crippen LogP contribution in [0.25, 0.3) is 6.08 Å². The maximum atomic E-state index is 6.79. The number of rotatable bonds is 20. The minimum Gasteiger partial charge on any atom is -0.437 e. The highest BCUT2D eigenvalue weighted by atomic mass is 28.5. The fourth-order valence-electron chi connectivity index (χ4n) is 6.58. The molecule has 0 saturated carbocycles. The second kappa shape index (κ2) is 16.4. The topological polar surface area (TPSA) is 83.1 Å². The van der Waals surface area contributed by atoms with Crippen LogP contribution in [0, 0.1) is 0 Å². The van der Waals surface area contributed by atoms with Gasteiger partial charge in [-0.1, -0.05) is 42.1 Å². The molecule has 0 unspecified atom stereocenters. The Balaban J connectivity index is 2.89. The first-order valence-corrected chi connectivity index (χ1v) is 45.9. The van der Waals surface area contributed by atoms with Crippen molar-refractivity contribution >= 4 is 91.2 Å². The lowest BCUT2D eigenvalue weighted by molar-refractivity contribution is 0.257. The van der Waals surface area contributed by atoms with Crippen LogP contribution in [-0.4, -0.2) is 85.1 Å². The summed E-state index contributed by atoms with van der Waals surface area (Å²) in [7, 11) is -24.6. The Kier molecular flexibility index (Phi) is 16.0. The van der Waals surface area contributed by atoms with E-state index in [1.165, 1.54) is 5.56 Å². The van der Waals surface area contributed by atoms with Gasteiger partial charge in [-0.2, -0.15) is 0 Å². The number of hydrogen-bond acceptors (Lipinski definition) is 9. The van der Waals surface area contributed by atoms with Crippen molar-refractivity contribution in [1.29, 1.82) is 0 Å². The van der Waals surface area contributed by atoms with Crippen molar-refractivity contribution < 1.29 is 37.0 Å². The van der Waals surface area contributed by atoms with E-state index in [4.69, 9.17) is 37.0 Å². The summed E-state index contributed by atoms with van der Waals surface area (Å²) in [4.78, 5) is 0. The van der Waals surface area contributed by atoms with Crippen molar-refractivity contribution in [2.24, 2.45) is 0 Å². The average Bonchev–Trinajstić information content (AvgIpc) is 2.69. The summed E-state index contributed by atoms with van der Waals surface area (Å²) in [5.41, 5.74) is 3.40. The summed E-state index contributed by atoms with van der Waals surface area (Å²) in [5, 5.41) is 0. The van der Waals surface area contributed by atoms with Crippen LogP contribution < -0.4 is 0 Å². The largest absolute Gasteiger partial charge is 0.437 e. The highest BCUT2D eigenvalue weighted by molar-refractivity contribution is 6.93. The smallest absolute Gasteiger partial charge is 0.314 e. The molecule has 1 aromatic rings. The van der Waals surface area contributed by atoms with Gasteiger partial charge in [-0.15, -0.1) is 0 Å². The van der Waals surface area contributed by atoms with E-state index in [0.29, 0.717) is 0 Å². The lowest BCUT2D eigenvalue weighted by atomic mass is 10.2. The quantitative estimate of drug-likeness (QED) is 0.119. The molecule has 280 valence electrons. The lowest BCUT2D eigenvalue weighted by Crippen LogP contribution is -2.62. The van der Waals surface area contributed by atoms with E-state index in [1.54, 1.807) is 0 Å². The Labute approximate surface area is 305 Å². The van der Waals surface area contributed by atoms with Crippen LogP contribution in [-0.2, 0) is 37.0 Å². The lowest BCUT2D eigenvalue weighted by Gasteiger charge is -2.44. The van der Waals surface area contributed by atoms with E-state index in [1.807, 2.05) is 18.2 Å². The van der Waals surface area contributed by atoms with E-state index in [0.717, 1.165) is 0 Å². The molecule has 0 N–H and O–H groups in total. The number of benzene rings is 1. The minimum absolute atomic E-state index is 1.17. The van der Waals surface area contributed by atoms with Gasteiger partial charge in [0.15, 0.2) is 8.32 Å². The Morgan fingerprint density at radius 2 is 0.583 bits per heavy atom. The minimum atomic E-state index is -2.68. The van der Waals surface area contributed by atoms with Gasteiger partial charge >= 0.3 is 68.5 Å². The summed E-state index contributed by atoms with van der Waals surface area (Å²) < 4.78 is 60.4. The molecule has 1 aromatic carbocycles. The molecule has 1 rings (SSSR count). The SMILES string of the molecule is C[Si](C)(C)O[Si](C)(C)O[Si](C)(C)O[Si](C)(C)O[Si](C)(C)O[Si](C)(C)O[Si](C)(C)O[Si](C)(C)O[Si](C)(C)O[Si](C)(C)C=Cc1ccccc1. The summed E-state index contributed by atoms with van der Waals surface area (Å²) in [5.74, 6) is 0. The van der Waals surface area contributed by atoms with Crippen LogP contribution in [0.3, 0.4) is 0 Å². The van der Waals surface area contributed by atoms with Crippen LogP contribution in [0.15, 0.2) is 36.0 Å². The molecule has 48 heavy (non-hydrogen) atoms. The summed E-state index contributed by atoms with van der Waals surface area (Å²) in [6, 6.07) is 10.3. The zero-order chi connectivity index (χ0) is 37.9. The highest BCUT2D eigenvalue weighted by Gasteiger charge is 2.50. The summed E-state index contributed by atoms with van der Waals surface area (Å²) >= 11 is 0. The van der Waals surface area contributed by atoms with E-state index >= 15 is 0 Å². The Bertz CT molecular complexity index is 1200. The van der Waals surface area contributed by atoms with Gasteiger partial charge in [-0.05, 0) is 143 Å². The normalized spacial score (nSPS) is 15.4. The molecule has 0 amide bonds. The molecule has 0 aliphatic heterocycles. The predicted molar refractivity (Wildman–Crippen MR) is 226 cm³/mol. The van der Waals surface area contributed by atoms with Gasteiger partial charge in [0.2, 0.25) is 8.32 Å². The van der Waals surface area contributed by atoms with Crippen molar-refractivity contribution in [3.8, 4) is 0 Å². The van der Waals surface area contributed by atoms with Crippen molar-refractivity contribution in [2.75, 3.05) is 0 Å². The van der Waals surface area contributed by atoms with Crippen molar-refractivity contribution in [3.05, 3.63) is 41.6 Å².